The predicted molar refractivity (Wildman–Crippen MR) is 104 cm³/mol. The quantitative estimate of drug-likeness (QED) is 0.521. The largest absolute Gasteiger partial charge is 0.394 e. The molecule has 1 aliphatic rings. The summed E-state index contributed by atoms with van der Waals surface area (Å²) in [5.74, 6) is -0.291. The van der Waals surface area contributed by atoms with Crippen molar-refractivity contribution in [1.29, 1.82) is 0 Å². The van der Waals surface area contributed by atoms with E-state index in [0.29, 0.717) is 22.8 Å². The lowest BCUT2D eigenvalue weighted by molar-refractivity contribution is 0.0532. The van der Waals surface area contributed by atoms with Crippen LogP contribution in [0.15, 0.2) is 30.5 Å². The van der Waals surface area contributed by atoms with E-state index in [9.17, 15) is 9.90 Å². The Labute approximate surface area is 164 Å². The zero-order chi connectivity index (χ0) is 19.2. The number of aliphatic hydroxyl groups is 2. The molecule has 1 fully saturated rings. The summed E-state index contributed by atoms with van der Waals surface area (Å²) in [6.07, 6.45) is 7.32. The van der Waals surface area contributed by atoms with Crippen LogP contribution < -0.4 is 5.32 Å². The summed E-state index contributed by atoms with van der Waals surface area (Å²) in [6.45, 7) is 0.420. The number of aromatic nitrogens is 2. The number of benzene rings is 1. The molecule has 7 heteroatoms. The molecule has 3 rings (SSSR count). The molecule has 146 valence electrons. The predicted octanol–water partition coefficient (Wildman–Crippen LogP) is 3.21. The third-order valence-electron chi connectivity index (χ3n) is 5.10. The normalized spacial score (nSPS) is 16.7. The van der Waals surface area contributed by atoms with Crippen LogP contribution in [0.3, 0.4) is 0 Å². The van der Waals surface area contributed by atoms with Crippen molar-refractivity contribution in [3.8, 4) is 11.3 Å². The second-order valence-corrected chi connectivity index (χ2v) is 7.46. The number of amides is 1. The van der Waals surface area contributed by atoms with Crippen LogP contribution in [0.4, 0.5) is 0 Å². The minimum atomic E-state index is -0.862. The van der Waals surface area contributed by atoms with Crippen LogP contribution in [0.2, 0.25) is 5.02 Å². The Bertz CT molecular complexity index is 770. The van der Waals surface area contributed by atoms with Gasteiger partial charge in [0.05, 0.1) is 29.4 Å². The van der Waals surface area contributed by atoms with Gasteiger partial charge in [0.1, 0.15) is 6.23 Å². The standard InChI is InChI=1S/C20H26ClN3O3/c21-17-8-7-15(18-9-10-24(23-18)11-12-25)13-16(17)20(27)22-19(26)14-5-3-1-2-4-6-14/h7-10,13-14,19,25-26H,1-6,11-12H2,(H,22,27). The van der Waals surface area contributed by atoms with E-state index in [1.54, 1.807) is 29.1 Å². The van der Waals surface area contributed by atoms with Crippen molar-refractivity contribution < 1.29 is 15.0 Å². The van der Waals surface area contributed by atoms with E-state index in [1.807, 2.05) is 6.07 Å². The molecule has 0 spiro atoms. The van der Waals surface area contributed by atoms with E-state index in [-0.39, 0.29) is 18.4 Å². The molecule has 1 saturated carbocycles. The van der Waals surface area contributed by atoms with Crippen LogP contribution >= 0.6 is 11.6 Å². The van der Waals surface area contributed by atoms with Gasteiger partial charge in [-0.3, -0.25) is 9.48 Å². The van der Waals surface area contributed by atoms with Gasteiger partial charge < -0.3 is 15.5 Å². The first-order chi connectivity index (χ1) is 13.1. The molecule has 0 radical (unpaired) electrons. The van der Waals surface area contributed by atoms with Gasteiger partial charge >= 0.3 is 0 Å². The number of halogens is 1. The minimum Gasteiger partial charge on any atom is -0.394 e. The Morgan fingerprint density at radius 1 is 1.26 bits per heavy atom. The fourth-order valence-corrected chi connectivity index (χ4v) is 3.76. The number of rotatable bonds is 6. The molecule has 0 aliphatic heterocycles. The van der Waals surface area contributed by atoms with E-state index >= 15 is 0 Å². The first-order valence-corrected chi connectivity index (χ1v) is 9.89. The summed E-state index contributed by atoms with van der Waals surface area (Å²) < 4.78 is 1.64. The maximum absolute atomic E-state index is 12.7. The van der Waals surface area contributed by atoms with Crippen LogP contribution in [-0.2, 0) is 6.54 Å². The van der Waals surface area contributed by atoms with Crippen molar-refractivity contribution in [3.05, 3.63) is 41.0 Å². The summed E-state index contributed by atoms with van der Waals surface area (Å²) in [6, 6.07) is 6.96. The van der Waals surface area contributed by atoms with E-state index in [4.69, 9.17) is 16.7 Å². The van der Waals surface area contributed by atoms with Crippen molar-refractivity contribution in [3.63, 3.8) is 0 Å². The Morgan fingerprint density at radius 2 is 2.00 bits per heavy atom. The molecular formula is C20H26ClN3O3. The van der Waals surface area contributed by atoms with Crippen LogP contribution in [0.5, 0.6) is 0 Å². The van der Waals surface area contributed by atoms with Crippen molar-refractivity contribution in [2.24, 2.45) is 5.92 Å². The summed E-state index contributed by atoms with van der Waals surface area (Å²) in [5, 5.41) is 26.9. The third kappa shape index (κ3) is 5.09. The molecule has 1 aliphatic carbocycles. The van der Waals surface area contributed by atoms with Gasteiger partial charge in [-0.05, 0) is 31.0 Å². The number of nitrogens with one attached hydrogen (secondary N) is 1. The molecule has 1 aromatic carbocycles. The maximum atomic E-state index is 12.7. The van der Waals surface area contributed by atoms with Gasteiger partial charge in [0.15, 0.2) is 0 Å². The first kappa shape index (κ1) is 19.9. The van der Waals surface area contributed by atoms with E-state index < -0.39 is 6.23 Å². The number of hydrogen-bond donors (Lipinski definition) is 3. The SMILES string of the molecule is O=C(NC(O)C1CCCCCC1)c1cc(-c2ccn(CCO)n2)ccc1Cl. The molecule has 0 saturated heterocycles. The molecule has 1 aromatic heterocycles. The molecule has 0 bridgehead atoms. The highest BCUT2D eigenvalue weighted by molar-refractivity contribution is 6.34. The Kier molecular flexibility index (Phi) is 6.88. The Balaban J connectivity index is 1.73. The number of hydrogen-bond acceptors (Lipinski definition) is 4. The van der Waals surface area contributed by atoms with Gasteiger partial charge in [0, 0.05) is 17.7 Å². The third-order valence-corrected chi connectivity index (χ3v) is 5.43. The molecule has 1 amide bonds. The number of carbonyl (C=O) groups excluding carboxylic acids is 1. The fourth-order valence-electron chi connectivity index (χ4n) is 3.56. The van der Waals surface area contributed by atoms with Gasteiger partial charge in [-0.1, -0.05) is 43.4 Å². The molecule has 1 heterocycles. The molecule has 1 atom stereocenters. The zero-order valence-corrected chi connectivity index (χ0v) is 16.0. The smallest absolute Gasteiger partial charge is 0.254 e. The zero-order valence-electron chi connectivity index (χ0n) is 15.3. The van der Waals surface area contributed by atoms with Crippen LogP contribution in [0.1, 0.15) is 48.9 Å². The van der Waals surface area contributed by atoms with Crippen molar-refractivity contribution >= 4 is 17.5 Å². The first-order valence-electron chi connectivity index (χ1n) is 9.51. The Hall–Kier alpha value is -1.89. The average molecular weight is 392 g/mol. The lowest BCUT2D eigenvalue weighted by Gasteiger charge is -2.22. The summed E-state index contributed by atoms with van der Waals surface area (Å²) >= 11 is 6.23. The summed E-state index contributed by atoms with van der Waals surface area (Å²) in [4.78, 5) is 12.7. The molecule has 1 unspecified atom stereocenters. The van der Waals surface area contributed by atoms with Gasteiger partial charge in [-0.25, -0.2) is 0 Å². The maximum Gasteiger partial charge on any atom is 0.254 e. The molecule has 27 heavy (non-hydrogen) atoms. The average Bonchev–Trinajstić information content (AvgIpc) is 2.95. The molecule has 2 aromatic rings. The van der Waals surface area contributed by atoms with Crippen molar-refractivity contribution in [1.82, 2.24) is 15.1 Å². The van der Waals surface area contributed by atoms with E-state index in [1.165, 1.54) is 12.8 Å². The van der Waals surface area contributed by atoms with Gasteiger partial charge in [0.25, 0.3) is 5.91 Å². The number of nitrogens with zero attached hydrogens (tertiary/aromatic N) is 2. The highest BCUT2D eigenvalue weighted by atomic mass is 35.5. The second kappa shape index (κ2) is 9.35. The van der Waals surface area contributed by atoms with Crippen molar-refractivity contribution in [2.75, 3.05) is 6.61 Å². The monoisotopic (exact) mass is 391 g/mol. The minimum absolute atomic E-state index is 0.00838. The highest BCUT2D eigenvalue weighted by Crippen LogP contribution is 2.27. The summed E-state index contributed by atoms with van der Waals surface area (Å²) in [5.41, 5.74) is 1.77. The van der Waals surface area contributed by atoms with Crippen LogP contribution in [0, 0.1) is 5.92 Å². The lowest BCUT2D eigenvalue weighted by atomic mass is 9.98. The molecule has 6 nitrogen and oxygen atoms in total. The topological polar surface area (TPSA) is 87.4 Å². The van der Waals surface area contributed by atoms with Gasteiger partial charge in [-0.2, -0.15) is 5.10 Å². The second-order valence-electron chi connectivity index (χ2n) is 7.05. The number of carbonyl (C=O) groups is 1. The fraction of sp³-hybridized carbons (Fsp3) is 0.500. The van der Waals surface area contributed by atoms with Crippen molar-refractivity contribution in [2.45, 2.75) is 51.3 Å². The molecular weight excluding hydrogens is 366 g/mol. The van der Waals surface area contributed by atoms with Gasteiger partial charge in [0.2, 0.25) is 0 Å². The molecule has 3 N–H and O–H groups in total. The van der Waals surface area contributed by atoms with Crippen LogP contribution in [-0.4, -0.2) is 38.7 Å². The summed E-state index contributed by atoms with van der Waals surface area (Å²) in [7, 11) is 0. The van der Waals surface area contributed by atoms with Gasteiger partial charge in [-0.15, -0.1) is 0 Å². The van der Waals surface area contributed by atoms with Crippen LogP contribution in [0.25, 0.3) is 11.3 Å². The highest BCUT2D eigenvalue weighted by Gasteiger charge is 2.23. The van der Waals surface area contributed by atoms with E-state index in [2.05, 4.69) is 10.4 Å². The van der Waals surface area contributed by atoms with E-state index in [0.717, 1.165) is 31.2 Å². The Morgan fingerprint density at radius 3 is 2.70 bits per heavy atom. The number of aliphatic hydroxyl groups excluding tert-OH is 2. The lowest BCUT2D eigenvalue weighted by Crippen LogP contribution is -2.40.